The maximum atomic E-state index is 12.2. The average molecular weight is 514 g/mol. The smallest absolute Gasteiger partial charge is 0.261 e. The van der Waals surface area contributed by atoms with E-state index in [0.29, 0.717) is 104 Å². The average Bonchev–Trinajstić information content (AvgIpc) is 3.14. The topological polar surface area (TPSA) is 111 Å². The molecule has 1 heterocycles. The number of benzene rings is 1. The molecule has 1 aliphatic rings. The first kappa shape index (κ1) is 30.3. The summed E-state index contributed by atoms with van der Waals surface area (Å²) in [5.41, 5.74) is 0.893. The molecule has 1 aliphatic heterocycles. The van der Waals surface area contributed by atoms with E-state index in [1.54, 1.807) is 31.4 Å². The molecule has 204 valence electrons. The molecule has 2 amide bonds. The Hall–Kier alpha value is -1.96. The summed E-state index contributed by atoms with van der Waals surface area (Å²) in [6.45, 7) is 7.43. The largest absolute Gasteiger partial charge is 0.382 e. The van der Waals surface area contributed by atoms with Crippen molar-refractivity contribution >= 4 is 11.8 Å². The summed E-state index contributed by atoms with van der Waals surface area (Å²) in [5, 5.41) is 0. The van der Waals surface area contributed by atoms with Crippen molar-refractivity contribution < 1.29 is 47.5 Å². The van der Waals surface area contributed by atoms with Crippen LogP contribution in [-0.4, -0.2) is 129 Å². The van der Waals surface area contributed by atoms with Gasteiger partial charge >= 0.3 is 0 Å². The molecular weight excluding hydrogens is 474 g/mol. The fourth-order valence-corrected chi connectivity index (χ4v) is 3.16. The minimum absolute atomic E-state index is 0.222. The minimum Gasteiger partial charge on any atom is -0.382 e. The maximum Gasteiger partial charge on any atom is 0.261 e. The van der Waals surface area contributed by atoms with Gasteiger partial charge in [0, 0.05) is 7.11 Å². The predicted octanol–water partition coefficient (Wildman–Crippen LogP) is 1.05. The van der Waals surface area contributed by atoms with Crippen molar-refractivity contribution in [2.75, 3.05) is 113 Å². The van der Waals surface area contributed by atoms with E-state index in [1.807, 2.05) is 0 Å². The van der Waals surface area contributed by atoms with Crippen LogP contribution in [0.1, 0.15) is 20.7 Å². The van der Waals surface area contributed by atoms with Crippen LogP contribution in [0.2, 0.25) is 0 Å². The number of rotatable bonds is 24. The molecule has 0 N–H and O–H groups in total. The van der Waals surface area contributed by atoms with Gasteiger partial charge in [-0.15, -0.1) is 0 Å². The van der Waals surface area contributed by atoms with Crippen molar-refractivity contribution in [3.05, 3.63) is 35.4 Å². The molecule has 0 radical (unpaired) electrons. The van der Waals surface area contributed by atoms with Crippen molar-refractivity contribution in [1.82, 2.24) is 4.90 Å². The van der Waals surface area contributed by atoms with Gasteiger partial charge in [-0.2, -0.15) is 0 Å². The summed E-state index contributed by atoms with van der Waals surface area (Å²) in [5.74, 6) is -0.546. The number of hydrogen-bond donors (Lipinski definition) is 0. The van der Waals surface area contributed by atoms with Gasteiger partial charge in [0.25, 0.3) is 11.8 Å². The lowest BCUT2D eigenvalue weighted by atomic mass is 10.1. The molecule has 0 fully saturated rings. The number of carbonyl (C=O) groups excluding carboxylic acids is 2. The molecule has 0 atom stereocenters. The fraction of sp³-hybridized carbons (Fsp3) is 0.680. The molecular formula is C25H39NO10. The van der Waals surface area contributed by atoms with Crippen molar-refractivity contribution in [3.63, 3.8) is 0 Å². The maximum absolute atomic E-state index is 12.2. The van der Waals surface area contributed by atoms with Crippen LogP contribution in [0.5, 0.6) is 0 Å². The molecule has 0 spiro atoms. The molecule has 2 rings (SSSR count). The second-order valence-electron chi connectivity index (χ2n) is 7.59. The molecule has 0 aliphatic carbocycles. The second kappa shape index (κ2) is 20.1. The number of imide groups is 1. The van der Waals surface area contributed by atoms with Crippen LogP contribution < -0.4 is 0 Å². The molecule has 1 aromatic rings. The van der Waals surface area contributed by atoms with Crippen molar-refractivity contribution in [3.8, 4) is 0 Å². The van der Waals surface area contributed by atoms with Gasteiger partial charge in [0.1, 0.15) is 0 Å². The number of carbonyl (C=O) groups is 2. The highest BCUT2D eigenvalue weighted by Gasteiger charge is 2.34. The number of methoxy groups -OCH3 is 1. The predicted molar refractivity (Wildman–Crippen MR) is 129 cm³/mol. The molecule has 0 bridgehead atoms. The van der Waals surface area contributed by atoms with Gasteiger partial charge in [-0.05, 0) is 12.1 Å². The van der Waals surface area contributed by atoms with Crippen molar-refractivity contribution in [2.24, 2.45) is 0 Å². The molecule has 0 saturated heterocycles. The van der Waals surface area contributed by atoms with Crippen LogP contribution in [0.25, 0.3) is 0 Å². The number of hydrogen-bond acceptors (Lipinski definition) is 10. The van der Waals surface area contributed by atoms with Gasteiger partial charge in [-0.3, -0.25) is 14.5 Å². The standard InChI is InChI=1S/C25H39NO10/c1-29-8-9-31-12-13-33-16-17-35-20-21-36-19-18-34-15-14-32-11-10-30-7-6-26-24(27)22-4-2-3-5-23(22)25(26)28/h2-5H,6-21H2,1H3. The molecule has 0 saturated carbocycles. The van der Waals surface area contributed by atoms with Crippen LogP contribution in [0.3, 0.4) is 0 Å². The van der Waals surface area contributed by atoms with Crippen LogP contribution >= 0.6 is 0 Å². The van der Waals surface area contributed by atoms with E-state index in [1.165, 1.54) is 4.90 Å². The Morgan fingerprint density at radius 2 is 0.806 bits per heavy atom. The Labute approximate surface area is 212 Å². The molecule has 36 heavy (non-hydrogen) atoms. The number of ether oxygens (including phenoxy) is 8. The Bertz CT molecular complexity index is 698. The first-order valence-electron chi connectivity index (χ1n) is 12.2. The van der Waals surface area contributed by atoms with Crippen LogP contribution in [0, 0.1) is 0 Å². The summed E-state index contributed by atoms with van der Waals surface area (Å²) in [6.07, 6.45) is 0. The third-order valence-electron chi connectivity index (χ3n) is 5.00. The van der Waals surface area contributed by atoms with E-state index in [2.05, 4.69) is 0 Å². The molecule has 11 nitrogen and oxygen atoms in total. The number of amides is 2. The third kappa shape index (κ3) is 12.3. The van der Waals surface area contributed by atoms with Gasteiger partial charge in [0.05, 0.1) is 117 Å². The quantitative estimate of drug-likeness (QED) is 0.147. The lowest BCUT2D eigenvalue weighted by Crippen LogP contribution is -2.33. The molecule has 0 aromatic heterocycles. The van der Waals surface area contributed by atoms with E-state index < -0.39 is 0 Å². The number of fused-ring (bicyclic) bond motifs is 1. The van der Waals surface area contributed by atoms with Gasteiger partial charge in [-0.1, -0.05) is 12.1 Å². The summed E-state index contributed by atoms with van der Waals surface area (Å²) >= 11 is 0. The lowest BCUT2D eigenvalue weighted by Gasteiger charge is -2.13. The Balaban J connectivity index is 1.26. The Morgan fingerprint density at radius 1 is 0.500 bits per heavy atom. The minimum atomic E-state index is -0.273. The van der Waals surface area contributed by atoms with Gasteiger partial charge in [0.2, 0.25) is 0 Å². The monoisotopic (exact) mass is 513 g/mol. The third-order valence-corrected chi connectivity index (χ3v) is 5.00. The van der Waals surface area contributed by atoms with E-state index in [9.17, 15) is 9.59 Å². The molecule has 0 unspecified atom stereocenters. The first-order valence-corrected chi connectivity index (χ1v) is 12.2. The van der Waals surface area contributed by atoms with Crippen LogP contribution in [0.4, 0.5) is 0 Å². The SMILES string of the molecule is COCCOCCOCCOCCOCCOCCOCCOCCN1C(=O)c2ccccc2C1=O. The van der Waals surface area contributed by atoms with Crippen LogP contribution in [0.15, 0.2) is 24.3 Å². The van der Waals surface area contributed by atoms with Gasteiger partial charge in [-0.25, -0.2) is 0 Å². The summed E-state index contributed by atoms with van der Waals surface area (Å²) in [6, 6.07) is 6.82. The van der Waals surface area contributed by atoms with Crippen LogP contribution in [-0.2, 0) is 37.9 Å². The Kier molecular flexibility index (Phi) is 16.9. The highest BCUT2D eigenvalue weighted by Crippen LogP contribution is 2.21. The second-order valence-corrected chi connectivity index (χ2v) is 7.59. The normalized spacial score (nSPS) is 13.1. The van der Waals surface area contributed by atoms with Crippen molar-refractivity contribution in [2.45, 2.75) is 0 Å². The zero-order valence-electron chi connectivity index (χ0n) is 21.2. The Morgan fingerprint density at radius 3 is 1.14 bits per heavy atom. The van der Waals surface area contributed by atoms with Gasteiger partial charge < -0.3 is 37.9 Å². The van der Waals surface area contributed by atoms with E-state index in [0.717, 1.165) is 0 Å². The van der Waals surface area contributed by atoms with Gasteiger partial charge in [0.15, 0.2) is 0 Å². The van der Waals surface area contributed by atoms with E-state index >= 15 is 0 Å². The highest BCUT2D eigenvalue weighted by molar-refractivity contribution is 6.21. The van der Waals surface area contributed by atoms with Crippen molar-refractivity contribution in [1.29, 1.82) is 0 Å². The fourth-order valence-electron chi connectivity index (χ4n) is 3.16. The zero-order valence-corrected chi connectivity index (χ0v) is 21.2. The summed E-state index contributed by atoms with van der Waals surface area (Å²) < 4.78 is 42.7. The number of nitrogens with zero attached hydrogens (tertiary/aromatic N) is 1. The highest BCUT2D eigenvalue weighted by atomic mass is 16.6. The molecule has 11 heteroatoms. The summed E-state index contributed by atoms with van der Waals surface area (Å²) in [7, 11) is 1.64. The van der Waals surface area contributed by atoms with E-state index in [-0.39, 0.29) is 25.0 Å². The van der Waals surface area contributed by atoms with E-state index in [4.69, 9.17) is 37.9 Å². The lowest BCUT2D eigenvalue weighted by molar-refractivity contribution is -0.0223. The zero-order chi connectivity index (χ0) is 25.7. The first-order chi connectivity index (χ1) is 17.8. The molecule has 1 aromatic carbocycles. The summed E-state index contributed by atoms with van der Waals surface area (Å²) in [4.78, 5) is 25.7.